The van der Waals surface area contributed by atoms with Crippen LogP contribution in [0.2, 0.25) is 0 Å². The molecule has 1 unspecified atom stereocenters. The van der Waals surface area contributed by atoms with Crippen molar-refractivity contribution < 1.29 is 5.11 Å². The quantitative estimate of drug-likeness (QED) is 0.770. The van der Waals surface area contributed by atoms with Crippen LogP contribution in [0.5, 0.6) is 0 Å². The maximum atomic E-state index is 10.5. The Kier molecular flexibility index (Phi) is 3.16. The molecule has 2 nitrogen and oxygen atoms in total. The lowest BCUT2D eigenvalue weighted by molar-refractivity contribution is 0.225. The Bertz CT molecular complexity index is 690. The van der Waals surface area contributed by atoms with E-state index in [2.05, 4.69) is 20.9 Å². The van der Waals surface area contributed by atoms with E-state index < -0.39 is 6.10 Å². The van der Waals surface area contributed by atoms with Crippen LogP contribution in [-0.4, -0.2) is 10.1 Å². The molecule has 18 heavy (non-hydrogen) atoms. The van der Waals surface area contributed by atoms with E-state index >= 15 is 0 Å². The standard InChI is InChI=1S/C14H10BrNOS/c15-11-6-8-18-14(11)13(17)10-3-1-5-12-9(10)4-2-7-16-12/h1-8,13,17H. The maximum Gasteiger partial charge on any atom is 0.115 e. The summed E-state index contributed by atoms with van der Waals surface area (Å²) in [5.74, 6) is 0. The van der Waals surface area contributed by atoms with Crippen LogP contribution in [0.25, 0.3) is 10.9 Å². The van der Waals surface area contributed by atoms with Crippen molar-refractivity contribution >= 4 is 38.2 Å². The molecule has 90 valence electrons. The minimum absolute atomic E-state index is 0.618. The second kappa shape index (κ2) is 4.80. The molecule has 0 saturated carbocycles. The van der Waals surface area contributed by atoms with E-state index in [1.165, 1.54) is 0 Å². The molecule has 3 rings (SSSR count). The molecule has 0 aliphatic carbocycles. The highest BCUT2D eigenvalue weighted by Crippen LogP contribution is 2.35. The van der Waals surface area contributed by atoms with Crippen LogP contribution >= 0.6 is 27.3 Å². The van der Waals surface area contributed by atoms with E-state index in [0.29, 0.717) is 0 Å². The summed E-state index contributed by atoms with van der Waals surface area (Å²) >= 11 is 5.01. The first-order chi connectivity index (χ1) is 8.77. The number of benzene rings is 1. The maximum absolute atomic E-state index is 10.5. The van der Waals surface area contributed by atoms with Gasteiger partial charge in [-0.2, -0.15) is 0 Å². The number of aliphatic hydroxyl groups is 1. The molecule has 3 aromatic rings. The summed E-state index contributed by atoms with van der Waals surface area (Å²) in [4.78, 5) is 5.23. The van der Waals surface area contributed by atoms with Crippen LogP contribution in [0.3, 0.4) is 0 Å². The highest BCUT2D eigenvalue weighted by Gasteiger charge is 2.17. The van der Waals surface area contributed by atoms with Crippen molar-refractivity contribution in [3.63, 3.8) is 0 Å². The third-order valence-electron chi connectivity index (χ3n) is 2.87. The van der Waals surface area contributed by atoms with Gasteiger partial charge in [-0.1, -0.05) is 18.2 Å². The van der Waals surface area contributed by atoms with Gasteiger partial charge in [0.15, 0.2) is 0 Å². The van der Waals surface area contributed by atoms with Crippen molar-refractivity contribution in [1.29, 1.82) is 0 Å². The van der Waals surface area contributed by atoms with Gasteiger partial charge in [-0.25, -0.2) is 0 Å². The van der Waals surface area contributed by atoms with E-state index in [-0.39, 0.29) is 0 Å². The van der Waals surface area contributed by atoms with Gasteiger partial charge in [-0.05, 0) is 45.1 Å². The Balaban J connectivity index is 2.18. The van der Waals surface area contributed by atoms with Crippen molar-refractivity contribution in [1.82, 2.24) is 4.98 Å². The van der Waals surface area contributed by atoms with Gasteiger partial charge >= 0.3 is 0 Å². The lowest BCUT2D eigenvalue weighted by Gasteiger charge is -2.12. The fourth-order valence-electron chi connectivity index (χ4n) is 2.01. The average molecular weight is 320 g/mol. The number of pyridine rings is 1. The first-order valence-corrected chi connectivity index (χ1v) is 7.19. The molecule has 0 fully saturated rings. The van der Waals surface area contributed by atoms with Crippen LogP contribution in [0, 0.1) is 0 Å². The Morgan fingerprint density at radius 3 is 2.83 bits per heavy atom. The molecule has 2 aromatic heterocycles. The molecule has 0 radical (unpaired) electrons. The van der Waals surface area contributed by atoms with Crippen LogP contribution in [0.15, 0.2) is 52.4 Å². The van der Waals surface area contributed by atoms with Gasteiger partial charge in [0, 0.05) is 16.1 Å². The summed E-state index contributed by atoms with van der Waals surface area (Å²) in [7, 11) is 0. The monoisotopic (exact) mass is 319 g/mol. The third kappa shape index (κ3) is 1.96. The highest BCUT2D eigenvalue weighted by molar-refractivity contribution is 9.10. The van der Waals surface area contributed by atoms with Crippen LogP contribution in [0.4, 0.5) is 0 Å². The summed E-state index contributed by atoms with van der Waals surface area (Å²) in [6.45, 7) is 0. The van der Waals surface area contributed by atoms with E-state index in [1.54, 1.807) is 17.5 Å². The summed E-state index contributed by atoms with van der Waals surface area (Å²) in [6.07, 6.45) is 1.15. The topological polar surface area (TPSA) is 33.1 Å². The predicted molar refractivity (Wildman–Crippen MR) is 77.8 cm³/mol. The normalized spacial score (nSPS) is 12.8. The molecular formula is C14H10BrNOS. The van der Waals surface area contributed by atoms with Crippen LogP contribution < -0.4 is 0 Å². The summed E-state index contributed by atoms with van der Waals surface area (Å²) in [6, 6.07) is 11.7. The van der Waals surface area contributed by atoms with E-state index in [1.807, 2.05) is 41.8 Å². The van der Waals surface area contributed by atoms with Crippen molar-refractivity contribution in [2.75, 3.05) is 0 Å². The van der Waals surface area contributed by atoms with Crippen molar-refractivity contribution in [3.8, 4) is 0 Å². The van der Waals surface area contributed by atoms with E-state index in [0.717, 1.165) is 25.8 Å². The second-order valence-electron chi connectivity index (χ2n) is 3.95. The molecular weight excluding hydrogens is 310 g/mol. The van der Waals surface area contributed by atoms with Gasteiger partial charge in [-0.3, -0.25) is 4.98 Å². The zero-order valence-corrected chi connectivity index (χ0v) is 11.8. The molecule has 4 heteroatoms. The largest absolute Gasteiger partial charge is 0.383 e. The minimum atomic E-state index is -0.618. The number of nitrogens with zero attached hydrogens (tertiary/aromatic N) is 1. The van der Waals surface area contributed by atoms with Gasteiger partial charge < -0.3 is 5.11 Å². The van der Waals surface area contributed by atoms with Gasteiger partial charge in [0.05, 0.1) is 10.4 Å². The number of hydrogen-bond donors (Lipinski definition) is 1. The summed E-state index contributed by atoms with van der Waals surface area (Å²) < 4.78 is 0.945. The lowest BCUT2D eigenvalue weighted by Crippen LogP contribution is -1.99. The molecule has 0 bridgehead atoms. The lowest BCUT2D eigenvalue weighted by atomic mass is 10.0. The van der Waals surface area contributed by atoms with Crippen LogP contribution in [0.1, 0.15) is 16.5 Å². The molecule has 0 aliphatic heterocycles. The Hall–Kier alpha value is -1.23. The smallest absolute Gasteiger partial charge is 0.115 e. The fraction of sp³-hybridized carbons (Fsp3) is 0.0714. The molecule has 1 atom stereocenters. The van der Waals surface area contributed by atoms with E-state index in [4.69, 9.17) is 0 Å². The van der Waals surface area contributed by atoms with Gasteiger partial charge in [0.1, 0.15) is 6.10 Å². The first-order valence-electron chi connectivity index (χ1n) is 5.52. The average Bonchev–Trinajstić information content (AvgIpc) is 2.83. The van der Waals surface area contributed by atoms with Gasteiger partial charge in [-0.15, -0.1) is 11.3 Å². The molecule has 1 N–H and O–H groups in total. The number of fused-ring (bicyclic) bond motifs is 1. The highest BCUT2D eigenvalue weighted by atomic mass is 79.9. The molecule has 0 amide bonds. The number of aliphatic hydroxyl groups excluding tert-OH is 1. The Morgan fingerprint density at radius 1 is 1.17 bits per heavy atom. The van der Waals surface area contributed by atoms with Crippen molar-refractivity contribution in [2.24, 2.45) is 0 Å². The zero-order chi connectivity index (χ0) is 12.5. The Morgan fingerprint density at radius 2 is 2.06 bits per heavy atom. The Labute approximate surface area is 117 Å². The summed E-state index contributed by atoms with van der Waals surface area (Å²) in [5, 5.41) is 13.5. The molecule has 0 spiro atoms. The molecule has 0 aliphatic rings. The predicted octanol–water partition coefficient (Wildman–Crippen LogP) is 4.14. The first kappa shape index (κ1) is 11.8. The van der Waals surface area contributed by atoms with Crippen molar-refractivity contribution in [3.05, 3.63) is 62.9 Å². The van der Waals surface area contributed by atoms with E-state index in [9.17, 15) is 5.11 Å². The SMILES string of the molecule is OC(c1sccc1Br)c1cccc2ncccc12. The minimum Gasteiger partial charge on any atom is -0.383 e. The van der Waals surface area contributed by atoms with Crippen molar-refractivity contribution in [2.45, 2.75) is 6.10 Å². The number of aromatic nitrogens is 1. The zero-order valence-electron chi connectivity index (χ0n) is 9.38. The number of hydrogen-bond acceptors (Lipinski definition) is 3. The fourth-order valence-corrected chi connectivity index (χ4v) is 3.60. The molecule has 2 heterocycles. The molecule has 1 aromatic carbocycles. The third-order valence-corrected chi connectivity index (χ3v) is 4.79. The number of halogens is 1. The second-order valence-corrected chi connectivity index (χ2v) is 5.75. The van der Waals surface area contributed by atoms with Gasteiger partial charge in [0.2, 0.25) is 0 Å². The molecule has 0 saturated heterocycles. The number of rotatable bonds is 2. The number of thiophene rings is 1. The summed E-state index contributed by atoms with van der Waals surface area (Å²) in [5.41, 5.74) is 1.80. The van der Waals surface area contributed by atoms with Gasteiger partial charge in [0.25, 0.3) is 0 Å². The van der Waals surface area contributed by atoms with Crippen LogP contribution in [-0.2, 0) is 0 Å².